The summed E-state index contributed by atoms with van der Waals surface area (Å²) in [6, 6.07) is 2.14. The second-order valence-corrected chi connectivity index (χ2v) is 7.17. The summed E-state index contributed by atoms with van der Waals surface area (Å²) in [5.41, 5.74) is 0. The molecule has 1 aromatic rings. The molecule has 0 N–H and O–H groups in total. The Bertz CT molecular complexity index is 336. The highest BCUT2D eigenvalue weighted by Crippen LogP contribution is 2.38. The van der Waals surface area contributed by atoms with Crippen molar-refractivity contribution in [2.45, 2.75) is 44.4 Å². The smallest absolute Gasteiger partial charge is 0.0367 e. The Morgan fingerprint density at radius 3 is 2.94 bits per heavy atom. The third-order valence-electron chi connectivity index (χ3n) is 3.71. The van der Waals surface area contributed by atoms with Gasteiger partial charge in [0.05, 0.1) is 0 Å². The molecule has 2 rings (SSSR count). The second-order valence-electron chi connectivity index (χ2n) is 4.76. The van der Waals surface area contributed by atoms with Crippen molar-refractivity contribution < 1.29 is 0 Å². The van der Waals surface area contributed by atoms with Gasteiger partial charge >= 0.3 is 0 Å². The predicted octanol–water partition coefficient (Wildman–Crippen LogP) is 5.49. The van der Waals surface area contributed by atoms with E-state index in [1.807, 2.05) is 11.3 Å². The number of hydrogen-bond acceptors (Lipinski definition) is 1. The van der Waals surface area contributed by atoms with Crippen LogP contribution < -0.4 is 0 Å². The Labute approximate surface area is 116 Å². The molecule has 1 saturated carbocycles. The van der Waals surface area contributed by atoms with Gasteiger partial charge < -0.3 is 0 Å². The standard InChI is InChI=1S/C13H18BrClS/c1-2-9-3-4-12(15)10(7-9)8-13-11(14)5-6-16-13/h5-6,9-10,12H,2-4,7-8H2,1H3. The van der Waals surface area contributed by atoms with Crippen LogP contribution in [0.2, 0.25) is 0 Å². The van der Waals surface area contributed by atoms with E-state index < -0.39 is 0 Å². The van der Waals surface area contributed by atoms with E-state index in [2.05, 4.69) is 34.3 Å². The van der Waals surface area contributed by atoms with Crippen molar-refractivity contribution in [3.05, 3.63) is 20.8 Å². The van der Waals surface area contributed by atoms with Crippen molar-refractivity contribution in [1.82, 2.24) is 0 Å². The first-order chi connectivity index (χ1) is 7.70. The van der Waals surface area contributed by atoms with Crippen LogP contribution in [0.25, 0.3) is 0 Å². The lowest BCUT2D eigenvalue weighted by atomic mass is 9.78. The van der Waals surface area contributed by atoms with E-state index >= 15 is 0 Å². The first kappa shape index (κ1) is 12.9. The number of rotatable bonds is 3. The lowest BCUT2D eigenvalue weighted by molar-refractivity contribution is 0.265. The van der Waals surface area contributed by atoms with Crippen LogP contribution in [0.3, 0.4) is 0 Å². The summed E-state index contributed by atoms with van der Waals surface area (Å²) in [5.74, 6) is 1.58. The topological polar surface area (TPSA) is 0 Å². The van der Waals surface area contributed by atoms with E-state index in [4.69, 9.17) is 11.6 Å². The van der Waals surface area contributed by atoms with Crippen LogP contribution in [0, 0.1) is 11.8 Å². The first-order valence-corrected chi connectivity index (χ1v) is 8.17. The zero-order valence-electron chi connectivity index (χ0n) is 9.59. The van der Waals surface area contributed by atoms with Crippen molar-refractivity contribution in [2.24, 2.45) is 11.8 Å². The Morgan fingerprint density at radius 2 is 2.31 bits per heavy atom. The summed E-state index contributed by atoms with van der Waals surface area (Å²) in [6.07, 6.45) is 6.31. The molecule has 1 heterocycles. The van der Waals surface area contributed by atoms with Gasteiger partial charge in [-0.15, -0.1) is 22.9 Å². The fourth-order valence-corrected chi connectivity index (χ4v) is 4.54. The van der Waals surface area contributed by atoms with E-state index in [1.165, 1.54) is 35.0 Å². The van der Waals surface area contributed by atoms with Gasteiger partial charge in [0.25, 0.3) is 0 Å². The predicted molar refractivity (Wildman–Crippen MR) is 76.5 cm³/mol. The van der Waals surface area contributed by atoms with E-state index in [1.54, 1.807) is 0 Å². The molecule has 0 saturated heterocycles. The van der Waals surface area contributed by atoms with Gasteiger partial charge in [-0.05, 0) is 64.9 Å². The lowest BCUT2D eigenvalue weighted by Crippen LogP contribution is -2.26. The summed E-state index contributed by atoms with van der Waals surface area (Å²) in [4.78, 5) is 1.47. The highest BCUT2D eigenvalue weighted by atomic mass is 79.9. The molecule has 0 spiro atoms. The van der Waals surface area contributed by atoms with Crippen molar-refractivity contribution in [1.29, 1.82) is 0 Å². The fraction of sp³-hybridized carbons (Fsp3) is 0.692. The van der Waals surface area contributed by atoms with Gasteiger partial charge in [0, 0.05) is 14.7 Å². The molecule has 3 heteroatoms. The first-order valence-electron chi connectivity index (χ1n) is 6.06. The van der Waals surface area contributed by atoms with Crippen LogP contribution >= 0.6 is 38.9 Å². The third kappa shape index (κ3) is 3.02. The maximum Gasteiger partial charge on any atom is 0.0367 e. The highest BCUT2D eigenvalue weighted by Gasteiger charge is 2.29. The average Bonchev–Trinajstić information content (AvgIpc) is 2.68. The lowest BCUT2D eigenvalue weighted by Gasteiger charge is -2.32. The molecule has 1 fully saturated rings. The Kier molecular flexibility index (Phi) is 4.75. The maximum absolute atomic E-state index is 6.46. The molecular formula is C13H18BrClS. The second kappa shape index (κ2) is 5.88. The molecule has 0 radical (unpaired) electrons. The molecule has 1 aromatic heterocycles. The number of alkyl halides is 1. The van der Waals surface area contributed by atoms with Gasteiger partial charge in [-0.1, -0.05) is 13.3 Å². The molecule has 0 nitrogen and oxygen atoms in total. The molecule has 16 heavy (non-hydrogen) atoms. The summed E-state index contributed by atoms with van der Waals surface area (Å²) in [5, 5.41) is 2.54. The minimum absolute atomic E-state index is 0.386. The van der Waals surface area contributed by atoms with Crippen molar-refractivity contribution in [3.8, 4) is 0 Å². The molecule has 0 aromatic carbocycles. The van der Waals surface area contributed by atoms with Crippen molar-refractivity contribution in [2.75, 3.05) is 0 Å². The summed E-state index contributed by atoms with van der Waals surface area (Å²) < 4.78 is 1.26. The van der Waals surface area contributed by atoms with Gasteiger partial charge in [0.1, 0.15) is 0 Å². The zero-order valence-corrected chi connectivity index (χ0v) is 12.7. The quantitative estimate of drug-likeness (QED) is 0.646. The Balaban J connectivity index is 1.99. The normalized spacial score (nSPS) is 30.6. The summed E-state index contributed by atoms with van der Waals surface area (Å²) in [7, 11) is 0. The minimum Gasteiger partial charge on any atom is -0.148 e. The molecule has 0 amide bonds. The molecule has 1 aliphatic rings. The van der Waals surface area contributed by atoms with Crippen LogP contribution in [0.15, 0.2) is 15.9 Å². The Morgan fingerprint density at radius 1 is 1.50 bits per heavy atom. The molecule has 90 valence electrons. The van der Waals surface area contributed by atoms with E-state index in [0.29, 0.717) is 11.3 Å². The van der Waals surface area contributed by atoms with Crippen molar-refractivity contribution >= 4 is 38.9 Å². The van der Waals surface area contributed by atoms with E-state index in [-0.39, 0.29) is 0 Å². The molecule has 0 bridgehead atoms. The largest absolute Gasteiger partial charge is 0.148 e. The third-order valence-corrected chi connectivity index (χ3v) is 6.24. The van der Waals surface area contributed by atoms with Crippen LogP contribution in [-0.4, -0.2) is 5.38 Å². The molecule has 3 atom stereocenters. The zero-order chi connectivity index (χ0) is 11.5. The molecule has 1 aliphatic carbocycles. The summed E-state index contributed by atoms with van der Waals surface area (Å²) in [6.45, 7) is 2.30. The van der Waals surface area contributed by atoms with Gasteiger partial charge in [-0.25, -0.2) is 0 Å². The van der Waals surface area contributed by atoms with Gasteiger partial charge in [-0.2, -0.15) is 0 Å². The molecular weight excluding hydrogens is 304 g/mol. The van der Waals surface area contributed by atoms with Crippen LogP contribution in [0.5, 0.6) is 0 Å². The van der Waals surface area contributed by atoms with E-state index in [9.17, 15) is 0 Å². The van der Waals surface area contributed by atoms with Gasteiger partial charge in [0.15, 0.2) is 0 Å². The monoisotopic (exact) mass is 320 g/mol. The number of thiophene rings is 1. The molecule has 3 unspecified atom stereocenters. The maximum atomic E-state index is 6.46. The Hall–Kier alpha value is 0.470. The SMILES string of the molecule is CCC1CCC(Cl)C(Cc2sccc2Br)C1. The van der Waals surface area contributed by atoms with E-state index in [0.717, 1.165) is 12.3 Å². The number of halogens is 2. The fourth-order valence-electron chi connectivity index (χ4n) is 2.62. The van der Waals surface area contributed by atoms with Crippen molar-refractivity contribution in [3.63, 3.8) is 0 Å². The van der Waals surface area contributed by atoms with Crippen LogP contribution in [0.4, 0.5) is 0 Å². The average molecular weight is 322 g/mol. The summed E-state index contributed by atoms with van der Waals surface area (Å²) >= 11 is 11.9. The van der Waals surface area contributed by atoms with Crippen LogP contribution in [-0.2, 0) is 6.42 Å². The van der Waals surface area contributed by atoms with Gasteiger partial charge in [0.2, 0.25) is 0 Å². The number of hydrogen-bond donors (Lipinski definition) is 0. The highest BCUT2D eigenvalue weighted by molar-refractivity contribution is 9.10. The van der Waals surface area contributed by atoms with Crippen LogP contribution in [0.1, 0.15) is 37.5 Å². The minimum atomic E-state index is 0.386. The molecule has 0 aliphatic heterocycles. The van der Waals surface area contributed by atoms with Gasteiger partial charge in [-0.3, -0.25) is 0 Å².